The summed E-state index contributed by atoms with van der Waals surface area (Å²) in [5, 5.41) is 4.00. The first-order valence-corrected chi connectivity index (χ1v) is 10.1. The van der Waals surface area contributed by atoms with Crippen LogP contribution in [0.5, 0.6) is 0 Å². The van der Waals surface area contributed by atoms with Crippen LogP contribution < -0.4 is 0 Å². The molecule has 0 saturated carbocycles. The van der Waals surface area contributed by atoms with E-state index in [4.69, 9.17) is 4.52 Å². The monoisotopic (exact) mass is 407 g/mol. The minimum Gasteiger partial charge on any atom is -0.339 e. The maximum Gasteiger partial charge on any atom is 0.253 e. The molecule has 1 fully saturated rings. The number of benzene rings is 1. The van der Waals surface area contributed by atoms with Gasteiger partial charge in [-0.1, -0.05) is 5.16 Å². The topological polar surface area (TPSA) is 111 Å². The fourth-order valence-electron chi connectivity index (χ4n) is 3.62. The van der Waals surface area contributed by atoms with Crippen LogP contribution >= 0.6 is 11.7 Å². The number of piperidine rings is 1. The zero-order valence-electron chi connectivity index (χ0n) is 15.4. The molecule has 0 spiro atoms. The normalized spacial score (nSPS) is 17.0. The molecule has 1 aliphatic rings. The zero-order valence-corrected chi connectivity index (χ0v) is 16.2. The van der Waals surface area contributed by atoms with Crippen molar-refractivity contribution in [2.45, 2.75) is 19.3 Å². The van der Waals surface area contributed by atoms with E-state index >= 15 is 0 Å². The van der Waals surface area contributed by atoms with E-state index in [2.05, 4.69) is 28.9 Å². The number of carbonyl (C=O) groups excluding carboxylic acids is 1. The lowest BCUT2D eigenvalue weighted by atomic mass is 9.94. The van der Waals surface area contributed by atoms with Gasteiger partial charge in [0.2, 0.25) is 11.7 Å². The maximum atomic E-state index is 13.0. The third kappa shape index (κ3) is 3.70. The van der Waals surface area contributed by atoms with Gasteiger partial charge in [-0.2, -0.15) is 13.7 Å². The van der Waals surface area contributed by atoms with Gasteiger partial charge in [0.05, 0.1) is 17.9 Å². The number of amides is 1. The SMILES string of the molecule is O=C(c1ccc2nsnc2c1)N1CCCC(Cc2nc(-c3cnccn3)no2)C1. The van der Waals surface area contributed by atoms with E-state index in [0.29, 0.717) is 35.9 Å². The molecule has 1 aromatic carbocycles. The number of hydrogen-bond acceptors (Lipinski definition) is 9. The van der Waals surface area contributed by atoms with Gasteiger partial charge in [0.15, 0.2) is 0 Å². The van der Waals surface area contributed by atoms with Gasteiger partial charge in [-0.3, -0.25) is 9.78 Å². The van der Waals surface area contributed by atoms with Crippen LogP contribution in [0.2, 0.25) is 0 Å². The molecular weight excluding hydrogens is 390 g/mol. The van der Waals surface area contributed by atoms with E-state index in [1.165, 1.54) is 0 Å². The van der Waals surface area contributed by atoms with Gasteiger partial charge in [-0.15, -0.1) is 0 Å². The predicted octanol–water partition coefficient (Wildman–Crippen LogP) is 2.63. The largest absolute Gasteiger partial charge is 0.339 e. The molecule has 1 aliphatic heterocycles. The first-order chi connectivity index (χ1) is 14.3. The van der Waals surface area contributed by atoms with E-state index < -0.39 is 0 Å². The molecule has 0 N–H and O–H groups in total. The first-order valence-electron chi connectivity index (χ1n) is 9.37. The summed E-state index contributed by atoms with van der Waals surface area (Å²) in [6.07, 6.45) is 7.38. The molecule has 0 bridgehead atoms. The van der Waals surface area contributed by atoms with Crippen LogP contribution in [0.15, 0.2) is 41.3 Å². The molecule has 146 valence electrons. The second kappa shape index (κ2) is 7.63. The highest BCUT2D eigenvalue weighted by molar-refractivity contribution is 7.00. The van der Waals surface area contributed by atoms with Crippen LogP contribution in [0, 0.1) is 5.92 Å². The van der Waals surface area contributed by atoms with Crippen LogP contribution in [0.25, 0.3) is 22.6 Å². The highest BCUT2D eigenvalue weighted by Gasteiger charge is 2.26. The Kier molecular flexibility index (Phi) is 4.68. The standard InChI is InChI=1S/C19H17N7O2S/c27-19(13-3-4-14-15(9-13)25-29-24-14)26-7-1-2-12(11-26)8-17-22-18(23-28-17)16-10-20-5-6-21-16/h3-6,9-10,12H,1-2,7-8,11H2. The second-order valence-corrected chi connectivity index (χ2v) is 7.56. The minimum atomic E-state index is 0.0235. The molecule has 29 heavy (non-hydrogen) atoms. The van der Waals surface area contributed by atoms with Gasteiger partial charge >= 0.3 is 0 Å². The second-order valence-electron chi connectivity index (χ2n) is 7.03. The maximum absolute atomic E-state index is 13.0. The van der Waals surface area contributed by atoms with E-state index in [1.807, 2.05) is 23.1 Å². The summed E-state index contributed by atoms with van der Waals surface area (Å²) in [7, 11) is 0. The molecule has 1 unspecified atom stereocenters. The average Bonchev–Trinajstić information content (AvgIpc) is 3.43. The lowest BCUT2D eigenvalue weighted by Crippen LogP contribution is -2.40. The molecule has 3 aromatic heterocycles. The Morgan fingerprint density at radius 3 is 3.07 bits per heavy atom. The Hall–Kier alpha value is -3.27. The molecule has 0 radical (unpaired) electrons. The van der Waals surface area contributed by atoms with Gasteiger partial charge in [0, 0.05) is 37.5 Å². The Morgan fingerprint density at radius 1 is 1.24 bits per heavy atom. The van der Waals surface area contributed by atoms with Gasteiger partial charge in [0.25, 0.3) is 5.91 Å². The number of aromatic nitrogens is 6. The first kappa shape index (κ1) is 17.8. The van der Waals surface area contributed by atoms with Crippen molar-refractivity contribution in [2.24, 2.45) is 5.92 Å². The van der Waals surface area contributed by atoms with Crippen molar-refractivity contribution < 1.29 is 9.32 Å². The van der Waals surface area contributed by atoms with Crippen molar-refractivity contribution in [1.29, 1.82) is 0 Å². The van der Waals surface area contributed by atoms with E-state index in [-0.39, 0.29) is 11.8 Å². The number of nitrogens with zero attached hydrogens (tertiary/aromatic N) is 7. The number of hydrogen-bond donors (Lipinski definition) is 0. The molecule has 1 saturated heterocycles. The Morgan fingerprint density at radius 2 is 2.17 bits per heavy atom. The summed E-state index contributed by atoms with van der Waals surface area (Å²) in [4.78, 5) is 27.5. The molecule has 5 rings (SSSR count). The van der Waals surface area contributed by atoms with Crippen LogP contribution in [0.1, 0.15) is 29.1 Å². The lowest BCUT2D eigenvalue weighted by molar-refractivity contribution is 0.0668. The molecular formula is C19H17N7O2S. The summed E-state index contributed by atoms with van der Waals surface area (Å²) in [6.45, 7) is 1.41. The molecule has 10 heteroatoms. The van der Waals surface area contributed by atoms with Crippen molar-refractivity contribution in [2.75, 3.05) is 13.1 Å². The Balaban J connectivity index is 1.27. The number of fused-ring (bicyclic) bond motifs is 1. The smallest absolute Gasteiger partial charge is 0.253 e. The van der Waals surface area contributed by atoms with Crippen LogP contribution in [-0.2, 0) is 6.42 Å². The van der Waals surface area contributed by atoms with Crippen LogP contribution in [0.3, 0.4) is 0 Å². The van der Waals surface area contributed by atoms with Gasteiger partial charge in [0.1, 0.15) is 16.7 Å². The lowest BCUT2D eigenvalue weighted by Gasteiger charge is -2.32. The van der Waals surface area contributed by atoms with E-state index in [9.17, 15) is 4.79 Å². The third-order valence-corrected chi connectivity index (χ3v) is 5.59. The molecule has 4 heterocycles. The van der Waals surface area contributed by atoms with E-state index in [1.54, 1.807) is 18.6 Å². The fourth-order valence-corrected chi connectivity index (χ4v) is 4.13. The highest BCUT2D eigenvalue weighted by Crippen LogP contribution is 2.23. The van der Waals surface area contributed by atoms with Crippen molar-refractivity contribution in [1.82, 2.24) is 33.8 Å². The summed E-state index contributed by atoms with van der Waals surface area (Å²) in [5.74, 6) is 1.28. The summed E-state index contributed by atoms with van der Waals surface area (Å²) in [5.41, 5.74) is 2.80. The van der Waals surface area contributed by atoms with Crippen molar-refractivity contribution in [3.05, 3.63) is 48.2 Å². The molecule has 4 aromatic rings. The predicted molar refractivity (Wildman–Crippen MR) is 105 cm³/mol. The van der Waals surface area contributed by atoms with Crippen LogP contribution in [-0.4, -0.2) is 52.8 Å². The quantitative estimate of drug-likeness (QED) is 0.508. The molecule has 0 aliphatic carbocycles. The molecule has 1 atom stereocenters. The van der Waals surface area contributed by atoms with Gasteiger partial charge in [-0.25, -0.2) is 4.98 Å². The summed E-state index contributed by atoms with van der Waals surface area (Å²) < 4.78 is 13.8. The number of carbonyl (C=O) groups is 1. The van der Waals surface area contributed by atoms with Gasteiger partial charge in [-0.05, 0) is 37.0 Å². The third-order valence-electron chi connectivity index (χ3n) is 5.03. The van der Waals surface area contributed by atoms with Crippen LogP contribution in [0.4, 0.5) is 0 Å². The fraction of sp³-hybridized carbons (Fsp3) is 0.316. The number of likely N-dealkylation sites (tertiary alicyclic amines) is 1. The van der Waals surface area contributed by atoms with Crippen molar-refractivity contribution in [3.63, 3.8) is 0 Å². The molecule has 1 amide bonds. The zero-order chi connectivity index (χ0) is 19.6. The summed E-state index contributed by atoms with van der Waals surface area (Å²) in [6, 6.07) is 5.48. The van der Waals surface area contributed by atoms with Gasteiger partial charge < -0.3 is 9.42 Å². The Labute approximate surface area is 170 Å². The molecule has 9 nitrogen and oxygen atoms in total. The van der Waals surface area contributed by atoms with E-state index in [0.717, 1.165) is 42.1 Å². The summed E-state index contributed by atoms with van der Waals surface area (Å²) >= 11 is 1.15. The highest BCUT2D eigenvalue weighted by atomic mass is 32.1. The number of rotatable bonds is 4. The van der Waals surface area contributed by atoms with Crippen molar-refractivity contribution >= 4 is 28.7 Å². The Bertz CT molecular complexity index is 1140. The average molecular weight is 407 g/mol. The van der Waals surface area contributed by atoms with Crippen molar-refractivity contribution in [3.8, 4) is 11.5 Å². The minimum absolute atomic E-state index is 0.0235.